The first-order valence-corrected chi connectivity index (χ1v) is 33.9. The summed E-state index contributed by atoms with van der Waals surface area (Å²) in [6.45, 7) is 6.02. The number of rotatable bonds is 34. The number of aromatic amines is 1. The van der Waals surface area contributed by atoms with Gasteiger partial charge in [0.1, 0.15) is 65.7 Å². The van der Waals surface area contributed by atoms with Gasteiger partial charge in [-0.05, 0) is 131 Å². The van der Waals surface area contributed by atoms with Crippen molar-refractivity contribution >= 4 is 87.8 Å². The lowest BCUT2D eigenvalue weighted by atomic mass is 9.92. The predicted molar refractivity (Wildman–Crippen MR) is 360 cm³/mol. The summed E-state index contributed by atoms with van der Waals surface area (Å²) in [4.78, 5) is 189. The van der Waals surface area contributed by atoms with Crippen LogP contribution in [-0.4, -0.2) is 205 Å². The van der Waals surface area contributed by atoms with Crippen LogP contribution in [0.15, 0.2) is 85.1 Å². The number of benzene rings is 3. The zero-order valence-electron chi connectivity index (χ0n) is 56.1. The molecule has 0 saturated carbocycles. The van der Waals surface area contributed by atoms with Gasteiger partial charge in [0, 0.05) is 56.0 Å². The number of H-pyrrole nitrogens is 1. The average molecular weight is 1370 g/mol. The number of amides is 12. The summed E-state index contributed by atoms with van der Waals surface area (Å²) in [6, 6.07) is 8.89. The largest absolute Gasteiger partial charge is 0.508 e. The Bertz CT molecular complexity index is 3600. The number of nitrogens with zero attached hydrogens (tertiary/aromatic N) is 3. The maximum absolute atomic E-state index is 15.5. The standard InChI is InChI=1S/C69H93N15O15/c1-39(2)32-55(65(96)77-49(58(72)89)35-43-38-74-46-17-8-7-16-45(43)46)83-31-26-69(68(83)99)25-13-30-84(69)67(98)52(34-42-21-23-44(85)24-22-42)81-62(93)50(33-41-14-5-4-6-15-41)78-61(92)48(18-9-10-27-70)76-63(94)51(36-56(71)86)79-64(95)54-20-12-29-82(54)66(97)53(37-57(87)88)80-59(90)40(3)75-60(91)47-19-11-28-73-47/h4-8,14-17,21-24,38-40,47-55,73-74,85H,9-13,18-20,25-37,70H2,1-3H3,(H2,71,86)(H2,72,89)(H,75,91)(H,76,94)(H,77,96)(H,78,92)(H,79,95)(H,80,90)(H,81,93)(H,87,88)/t40-,47?,48-,49-,50-,51-,52-,53-,54-,55-,69-/m0/s1. The van der Waals surface area contributed by atoms with Gasteiger partial charge in [-0.25, -0.2) is 0 Å². The minimum atomic E-state index is -1.76. The molecular formula is C69H93N15O15. The number of carboxylic acid groups (broad SMARTS) is 1. The minimum absolute atomic E-state index is 0.0116. The van der Waals surface area contributed by atoms with E-state index in [4.69, 9.17) is 17.2 Å². The molecular weight excluding hydrogens is 1280 g/mol. The molecule has 4 aliphatic rings. The van der Waals surface area contributed by atoms with Crippen molar-refractivity contribution < 1.29 is 72.5 Å². The van der Waals surface area contributed by atoms with Crippen LogP contribution >= 0.6 is 0 Å². The highest BCUT2D eigenvalue weighted by Crippen LogP contribution is 2.41. The Morgan fingerprint density at radius 2 is 1.26 bits per heavy atom. The highest BCUT2D eigenvalue weighted by molar-refractivity contribution is 6.02. The number of nitrogens with two attached hydrogens (primary N) is 3. The number of aromatic hydroxyl groups is 1. The summed E-state index contributed by atoms with van der Waals surface area (Å²) in [6.07, 6.45) is 2.76. The van der Waals surface area contributed by atoms with Gasteiger partial charge in [-0.15, -0.1) is 0 Å². The van der Waals surface area contributed by atoms with Gasteiger partial charge in [-0.2, -0.15) is 0 Å². The number of fused-ring (bicyclic) bond motifs is 1. The number of hydrogen-bond donors (Lipinski definition) is 14. The van der Waals surface area contributed by atoms with Crippen molar-refractivity contribution in [2.24, 2.45) is 23.1 Å². The molecule has 11 atom stereocenters. The van der Waals surface area contributed by atoms with E-state index in [0.717, 1.165) is 27.8 Å². The van der Waals surface area contributed by atoms with Gasteiger partial charge in [-0.1, -0.05) is 74.5 Å². The van der Waals surface area contributed by atoms with Crippen LogP contribution in [0.1, 0.15) is 121 Å². The number of nitrogens with one attached hydrogen (secondary N) is 9. The molecule has 534 valence electrons. The summed E-state index contributed by atoms with van der Waals surface area (Å²) in [5, 5.41) is 42.5. The molecule has 1 aromatic heterocycles. The normalized spacial score (nSPS) is 19.8. The van der Waals surface area contributed by atoms with Crippen LogP contribution in [0.25, 0.3) is 10.9 Å². The Morgan fingerprint density at radius 3 is 1.94 bits per heavy atom. The number of aromatic nitrogens is 1. The smallest absolute Gasteiger partial charge is 0.305 e. The number of phenolic OH excluding ortho intramolecular Hbond substituents is 1. The summed E-state index contributed by atoms with van der Waals surface area (Å²) >= 11 is 0. The monoisotopic (exact) mass is 1370 g/mol. The van der Waals surface area contributed by atoms with Gasteiger partial charge >= 0.3 is 5.97 Å². The van der Waals surface area contributed by atoms with Crippen LogP contribution in [0, 0.1) is 5.92 Å². The summed E-state index contributed by atoms with van der Waals surface area (Å²) in [5.41, 5.74) is 18.6. The Morgan fingerprint density at radius 1 is 0.616 bits per heavy atom. The van der Waals surface area contributed by atoms with Crippen molar-refractivity contribution in [3.05, 3.63) is 102 Å². The molecule has 1 spiro atoms. The highest BCUT2D eigenvalue weighted by Gasteiger charge is 2.58. The van der Waals surface area contributed by atoms with E-state index in [1.54, 1.807) is 48.7 Å². The van der Waals surface area contributed by atoms with Crippen molar-refractivity contribution in [3.63, 3.8) is 0 Å². The number of carboxylic acids is 1. The molecule has 5 heterocycles. The first-order valence-electron chi connectivity index (χ1n) is 33.9. The van der Waals surface area contributed by atoms with Crippen LogP contribution in [-0.2, 0) is 81.6 Å². The van der Waals surface area contributed by atoms with Crippen LogP contribution in [0.4, 0.5) is 0 Å². The van der Waals surface area contributed by atoms with Crippen molar-refractivity contribution in [2.45, 2.75) is 189 Å². The first kappa shape index (κ1) is 74.8. The molecule has 0 bridgehead atoms. The Hall–Kier alpha value is -9.97. The van der Waals surface area contributed by atoms with Gasteiger partial charge in [0.25, 0.3) is 0 Å². The van der Waals surface area contributed by atoms with Gasteiger partial charge in [0.2, 0.25) is 70.9 Å². The molecule has 17 N–H and O–H groups in total. The van der Waals surface area contributed by atoms with E-state index >= 15 is 14.4 Å². The number of carbonyl (C=O) groups excluding carboxylic acids is 12. The molecule has 0 aliphatic carbocycles. The zero-order chi connectivity index (χ0) is 71.7. The third-order valence-electron chi connectivity index (χ3n) is 18.8. The van der Waals surface area contributed by atoms with Crippen molar-refractivity contribution in [1.29, 1.82) is 0 Å². The molecule has 12 amide bonds. The van der Waals surface area contributed by atoms with Crippen LogP contribution in [0.3, 0.4) is 0 Å². The fourth-order valence-electron chi connectivity index (χ4n) is 13.6. The second-order valence-electron chi connectivity index (χ2n) is 26.5. The van der Waals surface area contributed by atoms with E-state index in [1.807, 2.05) is 38.1 Å². The SMILES string of the molecule is CC(C)C[C@@H](C(=O)N[C@@H](Cc1c[nH]c2ccccc12)C(N)=O)N1CC[C@@]2(CCCN2C(=O)[C@H](Cc2ccc(O)cc2)NC(=O)[C@H](Cc2ccccc2)NC(=O)[C@H](CCCCN)NC(=O)[C@H](CC(N)=O)NC(=O)[C@@H]2CCCN2C(=O)[C@H](CC(=O)O)NC(=O)[C@H](C)NC(=O)C2CCCN2)C1=O. The molecule has 1 unspecified atom stereocenters. The molecule has 8 rings (SSSR count). The fraction of sp³-hybridized carbons (Fsp3) is 0.522. The number of para-hydroxylation sites is 1. The van der Waals surface area contributed by atoms with E-state index in [9.17, 15) is 58.2 Å². The molecule has 4 aliphatic heterocycles. The Balaban J connectivity index is 0.998. The number of phenols is 1. The van der Waals surface area contributed by atoms with E-state index < -0.39 is 156 Å². The van der Waals surface area contributed by atoms with E-state index in [-0.39, 0.29) is 102 Å². The summed E-state index contributed by atoms with van der Waals surface area (Å²) < 4.78 is 0. The Kier molecular flexibility index (Phi) is 26.1. The van der Waals surface area contributed by atoms with E-state index in [0.29, 0.717) is 36.9 Å². The molecule has 4 fully saturated rings. The molecule has 30 heteroatoms. The summed E-state index contributed by atoms with van der Waals surface area (Å²) in [5.74, 6) is -11.3. The number of primary amides is 2. The van der Waals surface area contributed by atoms with E-state index in [1.165, 1.54) is 28.9 Å². The lowest BCUT2D eigenvalue weighted by Gasteiger charge is -2.37. The zero-order valence-corrected chi connectivity index (χ0v) is 56.1. The van der Waals surface area contributed by atoms with Gasteiger partial charge in [0.15, 0.2) is 0 Å². The first-order chi connectivity index (χ1) is 47.3. The second-order valence-corrected chi connectivity index (χ2v) is 26.5. The topological polar surface area (TPSA) is 462 Å². The third kappa shape index (κ3) is 19.4. The number of hydrogen-bond acceptors (Lipinski definition) is 16. The molecule has 0 radical (unpaired) electrons. The van der Waals surface area contributed by atoms with Crippen LogP contribution in [0.5, 0.6) is 5.75 Å². The fourth-order valence-corrected chi connectivity index (χ4v) is 13.6. The maximum Gasteiger partial charge on any atom is 0.305 e. The molecule has 30 nitrogen and oxygen atoms in total. The number of likely N-dealkylation sites (tertiary alicyclic amines) is 3. The number of carbonyl (C=O) groups is 13. The van der Waals surface area contributed by atoms with Gasteiger partial charge in [0.05, 0.1) is 18.9 Å². The number of unbranched alkanes of at least 4 members (excludes halogenated alkanes) is 1. The molecule has 4 saturated heterocycles. The third-order valence-corrected chi connectivity index (χ3v) is 18.8. The van der Waals surface area contributed by atoms with Gasteiger partial charge < -0.3 is 89.6 Å². The van der Waals surface area contributed by atoms with Crippen molar-refractivity contribution in [2.75, 3.05) is 32.7 Å². The molecule has 99 heavy (non-hydrogen) atoms. The predicted octanol–water partition coefficient (Wildman–Crippen LogP) is -0.970. The molecule has 3 aromatic carbocycles. The quantitative estimate of drug-likeness (QED) is 0.0250. The average Bonchev–Trinajstić information content (AvgIpc) is 1.59. The summed E-state index contributed by atoms with van der Waals surface area (Å²) in [7, 11) is 0. The van der Waals surface area contributed by atoms with Crippen molar-refractivity contribution in [1.82, 2.24) is 62.2 Å². The number of aliphatic carboxylic acids is 1. The van der Waals surface area contributed by atoms with Crippen LogP contribution in [0.2, 0.25) is 0 Å². The molecule has 4 aromatic rings. The Labute approximate surface area is 573 Å². The lowest BCUT2D eigenvalue weighted by Crippen LogP contribution is -2.62. The van der Waals surface area contributed by atoms with Gasteiger partial charge in [-0.3, -0.25) is 62.3 Å². The van der Waals surface area contributed by atoms with Crippen LogP contribution < -0.4 is 59.7 Å². The maximum atomic E-state index is 15.5. The van der Waals surface area contributed by atoms with Crippen molar-refractivity contribution in [3.8, 4) is 5.75 Å². The minimum Gasteiger partial charge on any atom is -0.508 e. The van der Waals surface area contributed by atoms with E-state index in [2.05, 4.69) is 47.5 Å². The second kappa shape index (κ2) is 34.5. The highest BCUT2D eigenvalue weighted by atomic mass is 16.4. The lowest BCUT2D eigenvalue weighted by molar-refractivity contribution is -0.151.